The van der Waals surface area contributed by atoms with Crippen molar-refractivity contribution in [2.45, 2.75) is 25.8 Å². The molecule has 0 heterocycles. The van der Waals surface area contributed by atoms with Gasteiger partial charge in [0.2, 0.25) is 0 Å². The first kappa shape index (κ1) is 14.5. The van der Waals surface area contributed by atoms with E-state index in [-0.39, 0.29) is 0 Å². The van der Waals surface area contributed by atoms with E-state index in [1.165, 1.54) is 31.4 Å². The molecular weight excluding hydrogens is 278 g/mol. The summed E-state index contributed by atoms with van der Waals surface area (Å²) in [4.78, 5) is 2.37. The molecule has 0 bridgehead atoms. The van der Waals surface area contributed by atoms with Crippen LogP contribution in [0.5, 0.6) is 5.75 Å². The van der Waals surface area contributed by atoms with Gasteiger partial charge >= 0.3 is 0 Å². The molecule has 0 aliphatic rings. The third kappa shape index (κ3) is 6.08. The van der Waals surface area contributed by atoms with Crippen molar-refractivity contribution in [2.75, 3.05) is 26.0 Å². The van der Waals surface area contributed by atoms with Gasteiger partial charge in [0.05, 0.1) is 7.11 Å². The van der Waals surface area contributed by atoms with Gasteiger partial charge in [0.25, 0.3) is 0 Å². The van der Waals surface area contributed by atoms with E-state index in [1.54, 1.807) is 7.11 Å². The van der Waals surface area contributed by atoms with Crippen LogP contribution in [0.2, 0.25) is 0 Å². The van der Waals surface area contributed by atoms with Crippen molar-refractivity contribution in [1.29, 1.82) is 0 Å². The second-order valence-corrected chi connectivity index (χ2v) is 5.13. The quantitative estimate of drug-likeness (QED) is 0.536. The molecule has 0 aromatic heterocycles. The van der Waals surface area contributed by atoms with Crippen molar-refractivity contribution in [3.8, 4) is 5.75 Å². The number of hydrogen-bond donors (Lipinski definition) is 0. The molecule has 0 unspecified atom stereocenters. The number of halogens is 1. The Morgan fingerprint density at radius 1 is 1.12 bits per heavy atom. The van der Waals surface area contributed by atoms with Gasteiger partial charge in [0, 0.05) is 11.9 Å². The molecule has 0 radical (unpaired) electrons. The summed E-state index contributed by atoms with van der Waals surface area (Å²) >= 11 is 3.46. The zero-order valence-corrected chi connectivity index (χ0v) is 12.4. The Labute approximate surface area is 113 Å². The maximum Gasteiger partial charge on any atom is 0.118 e. The number of alkyl halides is 1. The zero-order valence-electron chi connectivity index (χ0n) is 10.8. The molecule has 0 spiro atoms. The fourth-order valence-electron chi connectivity index (χ4n) is 1.77. The summed E-state index contributed by atoms with van der Waals surface area (Å²) < 4.78 is 5.15. The van der Waals surface area contributed by atoms with E-state index in [9.17, 15) is 0 Å². The van der Waals surface area contributed by atoms with Gasteiger partial charge in [-0.2, -0.15) is 0 Å². The molecule has 0 amide bonds. The number of rotatable bonds is 8. The van der Waals surface area contributed by atoms with Gasteiger partial charge in [0.15, 0.2) is 0 Å². The van der Waals surface area contributed by atoms with Crippen molar-refractivity contribution in [2.24, 2.45) is 0 Å². The summed E-state index contributed by atoms with van der Waals surface area (Å²) in [7, 11) is 3.88. The number of nitrogens with zero attached hydrogens (tertiary/aromatic N) is 1. The largest absolute Gasteiger partial charge is 0.497 e. The lowest BCUT2D eigenvalue weighted by atomic mass is 10.2. The lowest BCUT2D eigenvalue weighted by Crippen LogP contribution is -2.19. The van der Waals surface area contributed by atoms with E-state index < -0.39 is 0 Å². The average molecular weight is 300 g/mol. The molecule has 1 aromatic carbocycles. The van der Waals surface area contributed by atoms with Crippen LogP contribution in [-0.4, -0.2) is 30.9 Å². The first-order chi connectivity index (χ1) is 8.26. The molecule has 2 nitrogen and oxygen atoms in total. The summed E-state index contributed by atoms with van der Waals surface area (Å²) in [5, 5.41) is 1.12. The maximum atomic E-state index is 5.15. The standard InChI is InChI=1S/C14H22BrNO/c1-16(11-5-3-4-10-15)12-13-6-8-14(17-2)9-7-13/h6-9H,3-5,10-12H2,1-2H3. The Kier molecular flexibility index (Phi) is 7.29. The van der Waals surface area contributed by atoms with E-state index in [2.05, 4.69) is 40.0 Å². The van der Waals surface area contributed by atoms with Crippen LogP contribution in [0, 0.1) is 0 Å². The van der Waals surface area contributed by atoms with Crippen LogP contribution in [0.4, 0.5) is 0 Å². The SMILES string of the molecule is COc1ccc(CN(C)CCCCCBr)cc1. The van der Waals surface area contributed by atoms with Crippen LogP contribution in [-0.2, 0) is 6.54 Å². The Morgan fingerprint density at radius 3 is 2.41 bits per heavy atom. The molecule has 1 rings (SSSR count). The molecule has 1 aromatic rings. The van der Waals surface area contributed by atoms with E-state index >= 15 is 0 Å². The molecule has 0 fully saturated rings. The Morgan fingerprint density at radius 2 is 1.82 bits per heavy atom. The van der Waals surface area contributed by atoms with Gasteiger partial charge in [-0.15, -0.1) is 0 Å². The number of hydrogen-bond acceptors (Lipinski definition) is 2. The first-order valence-corrected chi connectivity index (χ1v) is 7.26. The van der Waals surface area contributed by atoms with Crippen molar-refractivity contribution in [3.63, 3.8) is 0 Å². The number of ether oxygens (including phenoxy) is 1. The van der Waals surface area contributed by atoms with Gasteiger partial charge in [-0.1, -0.05) is 34.5 Å². The van der Waals surface area contributed by atoms with Crippen LogP contribution in [0.15, 0.2) is 24.3 Å². The topological polar surface area (TPSA) is 12.5 Å². The van der Waals surface area contributed by atoms with Crippen LogP contribution in [0.3, 0.4) is 0 Å². The molecule has 0 aliphatic heterocycles. The van der Waals surface area contributed by atoms with Gasteiger partial charge in [-0.05, 0) is 44.1 Å². The van der Waals surface area contributed by atoms with Crippen molar-refractivity contribution in [3.05, 3.63) is 29.8 Å². The van der Waals surface area contributed by atoms with Gasteiger partial charge in [0.1, 0.15) is 5.75 Å². The molecular formula is C14H22BrNO. The molecule has 17 heavy (non-hydrogen) atoms. The third-order valence-electron chi connectivity index (χ3n) is 2.79. The predicted octanol–water partition coefficient (Wildman–Crippen LogP) is 3.69. The average Bonchev–Trinajstić information content (AvgIpc) is 2.36. The van der Waals surface area contributed by atoms with Crippen LogP contribution >= 0.6 is 15.9 Å². The molecule has 0 saturated carbocycles. The van der Waals surface area contributed by atoms with E-state index in [0.29, 0.717) is 0 Å². The lowest BCUT2D eigenvalue weighted by Gasteiger charge is -2.16. The minimum atomic E-state index is 0.925. The second kappa shape index (κ2) is 8.54. The summed E-state index contributed by atoms with van der Waals surface area (Å²) in [6.07, 6.45) is 3.85. The van der Waals surface area contributed by atoms with Crippen molar-refractivity contribution in [1.82, 2.24) is 4.90 Å². The van der Waals surface area contributed by atoms with Crippen molar-refractivity contribution < 1.29 is 4.74 Å². The maximum absolute atomic E-state index is 5.15. The normalized spacial score (nSPS) is 10.8. The highest BCUT2D eigenvalue weighted by Crippen LogP contribution is 2.12. The predicted molar refractivity (Wildman–Crippen MR) is 77.0 cm³/mol. The van der Waals surface area contributed by atoms with Gasteiger partial charge < -0.3 is 9.64 Å². The molecule has 3 heteroatoms. The molecule has 0 atom stereocenters. The minimum Gasteiger partial charge on any atom is -0.497 e. The highest BCUT2D eigenvalue weighted by molar-refractivity contribution is 9.09. The molecule has 0 aliphatic carbocycles. The second-order valence-electron chi connectivity index (χ2n) is 4.34. The van der Waals surface area contributed by atoms with E-state index in [1.807, 2.05) is 12.1 Å². The fraction of sp³-hybridized carbons (Fsp3) is 0.571. The van der Waals surface area contributed by atoms with E-state index in [4.69, 9.17) is 4.74 Å². The van der Waals surface area contributed by atoms with Gasteiger partial charge in [-0.3, -0.25) is 0 Å². The number of unbranched alkanes of at least 4 members (excludes halogenated alkanes) is 2. The third-order valence-corrected chi connectivity index (χ3v) is 3.35. The number of benzene rings is 1. The van der Waals surface area contributed by atoms with Gasteiger partial charge in [-0.25, -0.2) is 0 Å². The highest BCUT2D eigenvalue weighted by atomic mass is 79.9. The number of methoxy groups -OCH3 is 1. The summed E-state index contributed by atoms with van der Waals surface area (Å²) in [5.74, 6) is 0.925. The minimum absolute atomic E-state index is 0.925. The smallest absolute Gasteiger partial charge is 0.118 e. The zero-order chi connectivity index (χ0) is 12.5. The lowest BCUT2D eigenvalue weighted by molar-refractivity contribution is 0.318. The monoisotopic (exact) mass is 299 g/mol. The van der Waals surface area contributed by atoms with Crippen LogP contribution in [0.25, 0.3) is 0 Å². The summed E-state index contributed by atoms with van der Waals surface area (Å²) in [6, 6.07) is 8.31. The summed E-state index contributed by atoms with van der Waals surface area (Å²) in [5.41, 5.74) is 1.34. The highest BCUT2D eigenvalue weighted by Gasteiger charge is 2.00. The Hall–Kier alpha value is -0.540. The van der Waals surface area contributed by atoms with Crippen LogP contribution in [0.1, 0.15) is 24.8 Å². The Balaban J connectivity index is 2.26. The summed E-state index contributed by atoms with van der Waals surface area (Å²) in [6.45, 7) is 2.18. The van der Waals surface area contributed by atoms with E-state index in [0.717, 1.165) is 17.6 Å². The van der Waals surface area contributed by atoms with Crippen molar-refractivity contribution >= 4 is 15.9 Å². The molecule has 0 N–H and O–H groups in total. The molecule has 96 valence electrons. The fourth-order valence-corrected chi connectivity index (χ4v) is 2.17. The van der Waals surface area contributed by atoms with Crippen LogP contribution < -0.4 is 4.74 Å². The molecule has 0 saturated heterocycles. The Bertz CT molecular complexity index is 300. The first-order valence-electron chi connectivity index (χ1n) is 6.13.